The molecule has 88 valence electrons. The van der Waals surface area contributed by atoms with Crippen LogP contribution in [-0.2, 0) is 6.42 Å². The van der Waals surface area contributed by atoms with E-state index in [1.165, 1.54) is 18.2 Å². The maximum absolute atomic E-state index is 13.0. The van der Waals surface area contributed by atoms with Gasteiger partial charge in [-0.3, -0.25) is 4.79 Å². The fourth-order valence-corrected chi connectivity index (χ4v) is 1.58. The van der Waals surface area contributed by atoms with Gasteiger partial charge >= 0.3 is 0 Å². The molecule has 0 unspecified atom stereocenters. The molecule has 2 rings (SSSR count). The standard InChI is InChI=1S/C12H11FN2O2/c1-2-9-11(16)14-10(15-12(9)17)7-4-3-5-8(13)6-7/h3-6H,2H2,1H3,(H2,14,15,16,17). The Labute approximate surface area is 96.8 Å². The van der Waals surface area contributed by atoms with E-state index in [-0.39, 0.29) is 17.3 Å². The molecule has 0 spiro atoms. The average Bonchev–Trinajstić information content (AvgIpc) is 2.28. The van der Waals surface area contributed by atoms with Gasteiger partial charge in [-0.1, -0.05) is 19.1 Å². The van der Waals surface area contributed by atoms with Gasteiger partial charge in [-0.25, -0.2) is 4.39 Å². The van der Waals surface area contributed by atoms with Crippen LogP contribution in [0.25, 0.3) is 11.4 Å². The van der Waals surface area contributed by atoms with Crippen molar-refractivity contribution in [1.29, 1.82) is 0 Å². The van der Waals surface area contributed by atoms with Crippen LogP contribution in [0.15, 0.2) is 29.1 Å². The maximum Gasteiger partial charge on any atom is 0.258 e. The van der Waals surface area contributed by atoms with Crippen LogP contribution < -0.4 is 5.56 Å². The summed E-state index contributed by atoms with van der Waals surface area (Å²) in [6, 6.07) is 5.65. The minimum absolute atomic E-state index is 0.157. The van der Waals surface area contributed by atoms with Crippen LogP contribution in [0, 0.1) is 5.82 Å². The van der Waals surface area contributed by atoms with Crippen LogP contribution in [0.1, 0.15) is 12.5 Å². The zero-order valence-electron chi connectivity index (χ0n) is 9.20. The zero-order valence-corrected chi connectivity index (χ0v) is 9.20. The highest BCUT2D eigenvalue weighted by atomic mass is 19.1. The molecule has 0 saturated carbocycles. The molecule has 0 bridgehead atoms. The number of nitrogens with one attached hydrogen (secondary N) is 1. The van der Waals surface area contributed by atoms with Gasteiger partial charge in [-0.2, -0.15) is 4.98 Å². The highest BCUT2D eigenvalue weighted by Crippen LogP contribution is 2.18. The minimum Gasteiger partial charge on any atom is -0.493 e. The molecular formula is C12H11FN2O2. The minimum atomic E-state index is -0.427. The molecule has 0 atom stereocenters. The molecule has 1 aromatic heterocycles. The lowest BCUT2D eigenvalue weighted by molar-refractivity contribution is 0.444. The molecule has 1 aromatic carbocycles. The molecule has 1 heterocycles. The van der Waals surface area contributed by atoms with Gasteiger partial charge in [-0.15, -0.1) is 0 Å². The maximum atomic E-state index is 13.0. The van der Waals surface area contributed by atoms with Crippen molar-refractivity contribution >= 4 is 0 Å². The van der Waals surface area contributed by atoms with Crippen molar-refractivity contribution < 1.29 is 9.50 Å². The second kappa shape index (κ2) is 4.37. The zero-order chi connectivity index (χ0) is 12.4. The lowest BCUT2D eigenvalue weighted by atomic mass is 10.2. The Morgan fingerprint density at radius 3 is 2.82 bits per heavy atom. The third kappa shape index (κ3) is 2.18. The fraction of sp³-hybridized carbons (Fsp3) is 0.167. The van der Waals surface area contributed by atoms with Crippen molar-refractivity contribution in [2.75, 3.05) is 0 Å². The van der Waals surface area contributed by atoms with Crippen molar-refractivity contribution in [3.05, 3.63) is 46.0 Å². The first-order valence-electron chi connectivity index (χ1n) is 5.20. The summed E-state index contributed by atoms with van der Waals surface area (Å²) in [7, 11) is 0. The second-order valence-corrected chi connectivity index (χ2v) is 3.58. The van der Waals surface area contributed by atoms with Crippen molar-refractivity contribution in [2.45, 2.75) is 13.3 Å². The van der Waals surface area contributed by atoms with Crippen molar-refractivity contribution in [3.63, 3.8) is 0 Å². The molecule has 0 radical (unpaired) electrons. The van der Waals surface area contributed by atoms with Gasteiger partial charge in [0.15, 0.2) is 0 Å². The van der Waals surface area contributed by atoms with E-state index in [0.29, 0.717) is 12.0 Å². The van der Waals surface area contributed by atoms with E-state index in [9.17, 15) is 14.3 Å². The smallest absolute Gasteiger partial charge is 0.258 e. The summed E-state index contributed by atoms with van der Waals surface area (Å²) in [6.07, 6.45) is 0.387. The molecule has 2 aromatic rings. The Morgan fingerprint density at radius 1 is 1.47 bits per heavy atom. The third-order valence-corrected chi connectivity index (χ3v) is 2.45. The molecular weight excluding hydrogens is 223 g/mol. The van der Waals surface area contributed by atoms with E-state index in [4.69, 9.17) is 0 Å². The molecule has 0 aliphatic carbocycles. The molecule has 0 aliphatic heterocycles. The monoisotopic (exact) mass is 234 g/mol. The van der Waals surface area contributed by atoms with Gasteiger partial charge in [0, 0.05) is 5.56 Å². The summed E-state index contributed by atoms with van der Waals surface area (Å²) >= 11 is 0. The van der Waals surface area contributed by atoms with Crippen LogP contribution in [0.3, 0.4) is 0 Å². The Morgan fingerprint density at radius 2 is 2.24 bits per heavy atom. The lowest BCUT2D eigenvalue weighted by Crippen LogP contribution is -2.14. The van der Waals surface area contributed by atoms with E-state index in [1.54, 1.807) is 13.0 Å². The first kappa shape index (κ1) is 11.3. The van der Waals surface area contributed by atoms with Crippen LogP contribution in [0.5, 0.6) is 5.88 Å². The molecule has 0 fully saturated rings. The normalized spacial score (nSPS) is 10.5. The van der Waals surface area contributed by atoms with Crippen LogP contribution >= 0.6 is 0 Å². The van der Waals surface area contributed by atoms with Gasteiger partial charge in [0.1, 0.15) is 11.6 Å². The number of benzene rings is 1. The summed E-state index contributed by atoms with van der Waals surface area (Å²) in [6.45, 7) is 1.74. The number of aromatic amines is 1. The average molecular weight is 234 g/mol. The first-order chi connectivity index (χ1) is 8.11. The predicted molar refractivity (Wildman–Crippen MR) is 61.3 cm³/mol. The quantitative estimate of drug-likeness (QED) is 0.833. The van der Waals surface area contributed by atoms with E-state index >= 15 is 0 Å². The van der Waals surface area contributed by atoms with Crippen molar-refractivity contribution in [3.8, 4) is 17.3 Å². The topological polar surface area (TPSA) is 66.0 Å². The number of H-pyrrole nitrogens is 1. The van der Waals surface area contributed by atoms with Gasteiger partial charge in [0.05, 0.1) is 5.56 Å². The molecule has 4 nitrogen and oxygen atoms in total. The van der Waals surface area contributed by atoms with Gasteiger partial charge in [0.25, 0.3) is 5.56 Å². The Hall–Kier alpha value is -2.17. The molecule has 2 N–H and O–H groups in total. The van der Waals surface area contributed by atoms with Gasteiger partial charge < -0.3 is 10.1 Å². The van der Waals surface area contributed by atoms with Gasteiger partial charge in [-0.05, 0) is 18.6 Å². The summed E-state index contributed by atoms with van der Waals surface area (Å²) in [5, 5.41) is 9.58. The number of aromatic nitrogens is 2. The van der Waals surface area contributed by atoms with Crippen LogP contribution in [0.4, 0.5) is 4.39 Å². The summed E-state index contributed by atoms with van der Waals surface area (Å²) in [5.41, 5.74) is 0.240. The van der Waals surface area contributed by atoms with E-state index < -0.39 is 11.4 Å². The molecule has 0 amide bonds. The van der Waals surface area contributed by atoms with E-state index in [0.717, 1.165) is 0 Å². The van der Waals surface area contributed by atoms with Crippen LogP contribution in [0.2, 0.25) is 0 Å². The summed E-state index contributed by atoms with van der Waals surface area (Å²) in [4.78, 5) is 18.0. The number of nitrogens with zero attached hydrogens (tertiary/aromatic N) is 1. The molecule has 17 heavy (non-hydrogen) atoms. The first-order valence-corrected chi connectivity index (χ1v) is 5.20. The number of rotatable bonds is 2. The third-order valence-electron chi connectivity index (χ3n) is 2.45. The lowest BCUT2D eigenvalue weighted by Gasteiger charge is -2.04. The number of aromatic hydroxyl groups is 1. The SMILES string of the molecule is CCc1c(O)nc(-c2cccc(F)c2)[nH]c1=O. The highest BCUT2D eigenvalue weighted by molar-refractivity contribution is 5.55. The Kier molecular flexibility index (Phi) is 2.91. The fourth-order valence-electron chi connectivity index (χ4n) is 1.58. The summed E-state index contributed by atoms with van der Waals surface area (Å²) in [5.74, 6) is -0.580. The highest BCUT2D eigenvalue weighted by Gasteiger charge is 2.10. The number of hydrogen-bond donors (Lipinski definition) is 2. The van der Waals surface area contributed by atoms with Crippen molar-refractivity contribution in [1.82, 2.24) is 9.97 Å². The summed E-state index contributed by atoms with van der Waals surface area (Å²) < 4.78 is 13.0. The van der Waals surface area contributed by atoms with E-state index in [1.807, 2.05) is 0 Å². The van der Waals surface area contributed by atoms with E-state index in [2.05, 4.69) is 9.97 Å². The van der Waals surface area contributed by atoms with Crippen LogP contribution in [-0.4, -0.2) is 15.1 Å². The van der Waals surface area contributed by atoms with Crippen molar-refractivity contribution in [2.24, 2.45) is 0 Å². The largest absolute Gasteiger partial charge is 0.493 e. The Bertz CT molecular complexity index is 608. The molecule has 0 saturated heterocycles. The molecule has 0 aliphatic rings. The van der Waals surface area contributed by atoms with Gasteiger partial charge in [0.2, 0.25) is 5.88 Å². The Balaban J connectivity index is 2.58. The molecule has 5 heteroatoms. The number of halogens is 1. The predicted octanol–water partition coefficient (Wildman–Crippen LogP) is 1.84. The number of hydrogen-bond acceptors (Lipinski definition) is 3. The second-order valence-electron chi connectivity index (χ2n) is 3.58.